The summed E-state index contributed by atoms with van der Waals surface area (Å²) in [7, 11) is 0. The van der Waals surface area contributed by atoms with Gasteiger partial charge in [-0.1, -0.05) is 48.0 Å². The SMILES string of the molecule is O=C(NN=Cc1c(F)cccc1Cl)C1CC1c1ccccc1. The second kappa shape index (κ2) is 6.28. The third-order valence-electron chi connectivity index (χ3n) is 3.72. The Morgan fingerprint density at radius 1 is 1.23 bits per heavy atom. The number of hydrazone groups is 1. The molecule has 0 saturated heterocycles. The van der Waals surface area contributed by atoms with Gasteiger partial charge in [0.25, 0.3) is 0 Å². The number of rotatable bonds is 4. The van der Waals surface area contributed by atoms with E-state index in [1.807, 2.05) is 30.3 Å². The normalized spacial score (nSPS) is 20.1. The van der Waals surface area contributed by atoms with Gasteiger partial charge >= 0.3 is 0 Å². The number of amides is 1. The Kier molecular flexibility index (Phi) is 4.20. The van der Waals surface area contributed by atoms with Crippen molar-refractivity contribution in [3.63, 3.8) is 0 Å². The first-order chi connectivity index (χ1) is 10.7. The molecule has 2 aromatic carbocycles. The first kappa shape index (κ1) is 14.7. The minimum absolute atomic E-state index is 0.0735. The van der Waals surface area contributed by atoms with E-state index in [9.17, 15) is 9.18 Å². The molecular weight excluding hydrogens is 303 g/mol. The maximum atomic E-state index is 13.5. The van der Waals surface area contributed by atoms with Crippen LogP contribution in [-0.4, -0.2) is 12.1 Å². The lowest BCUT2D eigenvalue weighted by Crippen LogP contribution is -2.20. The minimum atomic E-state index is -0.473. The molecule has 112 valence electrons. The molecule has 1 saturated carbocycles. The summed E-state index contributed by atoms with van der Waals surface area (Å²) in [6.45, 7) is 0. The number of nitrogens with zero attached hydrogens (tertiary/aromatic N) is 1. The molecule has 1 amide bonds. The highest BCUT2D eigenvalue weighted by Gasteiger charge is 2.43. The zero-order valence-corrected chi connectivity index (χ0v) is 12.4. The van der Waals surface area contributed by atoms with Gasteiger partial charge in [-0.3, -0.25) is 4.79 Å². The molecule has 3 nitrogen and oxygen atoms in total. The van der Waals surface area contributed by atoms with Crippen molar-refractivity contribution in [1.29, 1.82) is 0 Å². The van der Waals surface area contributed by atoms with Gasteiger partial charge in [0.15, 0.2) is 0 Å². The molecule has 1 fully saturated rings. The summed E-state index contributed by atoms with van der Waals surface area (Å²) >= 11 is 5.88. The first-order valence-corrected chi connectivity index (χ1v) is 7.36. The van der Waals surface area contributed by atoms with Crippen molar-refractivity contribution in [1.82, 2.24) is 5.43 Å². The quantitative estimate of drug-likeness (QED) is 0.677. The van der Waals surface area contributed by atoms with E-state index in [2.05, 4.69) is 10.5 Å². The first-order valence-electron chi connectivity index (χ1n) is 6.98. The third-order valence-corrected chi connectivity index (χ3v) is 4.05. The number of hydrogen-bond acceptors (Lipinski definition) is 2. The van der Waals surface area contributed by atoms with E-state index >= 15 is 0 Å². The molecule has 0 aliphatic heterocycles. The second-order valence-electron chi connectivity index (χ2n) is 5.23. The van der Waals surface area contributed by atoms with Crippen LogP contribution in [0, 0.1) is 11.7 Å². The van der Waals surface area contributed by atoms with Crippen molar-refractivity contribution in [3.8, 4) is 0 Å². The van der Waals surface area contributed by atoms with Crippen LogP contribution in [0.4, 0.5) is 4.39 Å². The lowest BCUT2D eigenvalue weighted by Gasteiger charge is -2.01. The molecule has 1 aliphatic rings. The molecule has 1 N–H and O–H groups in total. The zero-order chi connectivity index (χ0) is 15.5. The highest BCUT2D eigenvalue weighted by atomic mass is 35.5. The molecule has 0 heterocycles. The predicted molar refractivity (Wildman–Crippen MR) is 84.4 cm³/mol. The van der Waals surface area contributed by atoms with Gasteiger partial charge in [0.1, 0.15) is 5.82 Å². The van der Waals surface area contributed by atoms with Crippen molar-refractivity contribution in [3.05, 3.63) is 70.5 Å². The molecule has 0 bridgehead atoms. The number of nitrogens with one attached hydrogen (secondary N) is 1. The molecule has 22 heavy (non-hydrogen) atoms. The van der Waals surface area contributed by atoms with Gasteiger partial charge in [-0.2, -0.15) is 5.10 Å². The van der Waals surface area contributed by atoms with Crippen LogP contribution < -0.4 is 5.43 Å². The van der Waals surface area contributed by atoms with E-state index in [-0.39, 0.29) is 28.3 Å². The summed E-state index contributed by atoms with van der Waals surface area (Å²) in [6.07, 6.45) is 2.04. The summed E-state index contributed by atoms with van der Waals surface area (Å²) in [5.74, 6) is -0.458. The van der Waals surface area contributed by atoms with E-state index in [1.165, 1.54) is 18.3 Å². The van der Waals surface area contributed by atoms with Gasteiger partial charge in [-0.05, 0) is 30.0 Å². The maximum Gasteiger partial charge on any atom is 0.243 e. The molecule has 5 heteroatoms. The summed E-state index contributed by atoms with van der Waals surface area (Å²) in [5, 5.41) is 4.06. The number of hydrogen-bond donors (Lipinski definition) is 1. The van der Waals surface area contributed by atoms with Crippen LogP contribution in [-0.2, 0) is 4.79 Å². The molecule has 0 aromatic heterocycles. The van der Waals surface area contributed by atoms with Crippen molar-refractivity contribution < 1.29 is 9.18 Å². The Morgan fingerprint density at radius 3 is 2.73 bits per heavy atom. The van der Waals surface area contributed by atoms with E-state index < -0.39 is 5.82 Å². The number of halogens is 2. The number of carbonyl (C=O) groups is 1. The number of carbonyl (C=O) groups excluding carboxylic acids is 1. The molecule has 2 atom stereocenters. The third kappa shape index (κ3) is 3.17. The maximum absolute atomic E-state index is 13.5. The van der Waals surface area contributed by atoms with Gasteiger partial charge in [0, 0.05) is 11.5 Å². The number of benzene rings is 2. The van der Waals surface area contributed by atoms with E-state index in [0.29, 0.717) is 0 Å². The Bertz CT molecular complexity index is 698. The topological polar surface area (TPSA) is 41.5 Å². The van der Waals surface area contributed by atoms with Crippen LogP contribution >= 0.6 is 11.6 Å². The van der Waals surface area contributed by atoms with Gasteiger partial charge in [0.05, 0.1) is 11.2 Å². The Hall–Kier alpha value is -2.20. The smallest absolute Gasteiger partial charge is 0.243 e. The summed E-state index contributed by atoms with van der Waals surface area (Å²) in [6, 6.07) is 14.3. The van der Waals surface area contributed by atoms with Crippen LogP contribution in [0.2, 0.25) is 5.02 Å². The molecule has 1 aliphatic carbocycles. The Balaban J connectivity index is 1.59. The minimum Gasteiger partial charge on any atom is -0.273 e. The largest absolute Gasteiger partial charge is 0.273 e. The zero-order valence-electron chi connectivity index (χ0n) is 11.7. The average molecular weight is 317 g/mol. The standard InChI is InChI=1S/C17H14ClFN2O/c18-15-7-4-8-16(19)14(15)10-20-21-17(22)13-9-12(13)11-5-2-1-3-6-11/h1-8,10,12-13H,9H2,(H,21,22). The Labute approximate surface area is 132 Å². The van der Waals surface area contributed by atoms with Crippen molar-refractivity contribution in [2.75, 3.05) is 0 Å². The van der Waals surface area contributed by atoms with Crippen LogP contribution in [0.15, 0.2) is 53.6 Å². The van der Waals surface area contributed by atoms with Gasteiger partial charge < -0.3 is 0 Å². The van der Waals surface area contributed by atoms with Gasteiger partial charge in [-0.15, -0.1) is 0 Å². The highest BCUT2D eigenvalue weighted by molar-refractivity contribution is 6.33. The van der Waals surface area contributed by atoms with Crippen LogP contribution in [0.5, 0.6) is 0 Å². The van der Waals surface area contributed by atoms with Crippen LogP contribution in [0.3, 0.4) is 0 Å². The molecule has 0 radical (unpaired) electrons. The molecule has 3 rings (SSSR count). The van der Waals surface area contributed by atoms with E-state index in [4.69, 9.17) is 11.6 Å². The summed E-state index contributed by atoms with van der Waals surface area (Å²) < 4.78 is 13.5. The lowest BCUT2D eigenvalue weighted by molar-refractivity contribution is -0.122. The van der Waals surface area contributed by atoms with Crippen LogP contribution in [0.25, 0.3) is 0 Å². The van der Waals surface area contributed by atoms with Crippen LogP contribution in [0.1, 0.15) is 23.5 Å². The average Bonchev–Trinajstić information content (AvgIpc) is 3.32. The fraction of sp³-hybridized carbons (Fsp3) is 0.176. The van der Waals surface area contributed by atoms with E-state index in [0.717, 1.165) is 12.0 Å². The fourth-order valence-corrected chi connectivity index (χ4v) is 2.64. The van der Waals surface area contributed by atoms with E-state index in [1.54, 1.807) is 6.07 Å². The molecule has 0 spiro atoms. The van der Waals surface area contributed by atoms with Gasteiger partial charge in [-0.25, -0.2) is 9.82 Å². The second-order valence-corrected chi connectivity index (χ2v) is 5.64. The van der Waals surface area contributed by atoms with Gasteiger partial charge in [0.2, 0.25) is 5.91 Å². The lowest BCUT2D eigenvalue weighted by atomic mass is 10.1. The summed E-state index contributed by atoms with van der Waals surface area (Å²) in [4.78, 5) is 12.0. The molecular formula is C17H14ClFN2O. The van der Waals surface area contributed by atoms with Crippen molar-refractivity contribution >= 4 is 23.7 Å². The summed E-state index contributed by atoms with van der Waals surface area (Å²) in [5.41, 5.74) is 3.78. The molecule has 2 aromatic rings. The predicted octanol–water partition coefficient (Wildman–Crippen LogP) is 3.73. The monoisotopic (exact) mass is 316 g/mol. The van der Waals surface area contributed by atoms with Crippen molar-refractivity contribution in [2.24, 2.45) is 11.0 Å². The molecule has 2 unspecified atom stereocenters. The fourth-order valence-electron chi connectivity index (χ4n) is 2.43. The Morgan fingerprint density at radius 2 is 2.00 bits per heavy atom. The van der Waals surface area contributed by atoms with Crippen molar-refractivity contribution in [2.45, 2.75) is 12.3 Å². The highest BCUT2D eigenvalue weighted by Crippen LogP contribution is 2.47.